The maximum atomic E-state index is 5.67. The van der Waals surface area contributed by atoms with Crippen molar-refractivity contribution >= 4 is 0 Å². The van der Waals surface area contributed by atoms with Crippen molar-refractivity contribution in [2.45, 2.75) is 26.2 Å². The first-order valence-corrected chi connectivity index (χ1v) is 6.27. The second-order valence-corrected chi connectivity index (χ2v) is 4.16. The first-order chi connectivity index (χ1) is 8.40. The van der Waals surface area contributed by atoms with Crippen LogP contribution >= 0.6 is 0 Å². The van der Waals surface area contributed by atoms with Crippen LogP contribution < -0.4 is 4.74 Å². The van der Waals surface area contributed by atoms with Gasteiger partial charge >= 0.3 is 0 Å². The highest BCUT2D eigenvalue weighted by Crippen LogP contribution is 2.20. The molecule has 0 saturated carbocycles. The average Bonchev–Trinajstić information content (AvgIpc) is 2.89. The van der Waals surface area contributed by atoms with Crippen LogP contribution in [0.3, 0.4) is 0 Å². The minimum atomic E-state index is 0.815. The smallest absolute Gasteiger partial charge is 0.119 e. The van der Waals surface area contributed by atoms with E-state index in [0.29, 0.717) is 0 Å². The third-order valence-corrected chi connectivity index (χ3v) is 2.78. The van der Waals surface area contributed by atoms with E-state index in [1.807, 2.05) is 24.4 Å². The summed E-state index contributed by atoms with van der Waals surface area (Å²) in [6.07, 6.45) is 5.54. The van der Waals surface area contributed by atoms with Crippen molar-refractivity contribution in [3.05, 3.63) is 42.6 Å². The molecule has 1 aromatic heterocycles. The molecule has 2 aromatic rings. The van der Waals surface area contributed by atoms with Crippen molar-refractivity contribution in [3.8, 4) is 17.0 Å². The van der Waals surface area contributed by atoms with E-state index in [9.17, 15) is 0 Å². The van der Waals surface area contributed by atoms with E-state index >= 15 is 0 Å². The summed E-state index contributed by atoms with van der Waals surface area (Å²) in [6, 6.07) is 12.3. The molecule has 0 aliphatic heterocycles. The summed E-state index contributed by atoms with van der Waals surface area (Å²) in [7, 11) is 0. The normalized spacial score (nSPS) is 10.4. The van der Waals surface area contributed by atoms with Crippen LogP contribution in [-0.4, -0.2) is 11.6 Å². The summed E-state index contributed by atoms with van der Waals surface area (Å²) >= 11 is 0. The number of H-pyrrole nitrogens is 1. The SMILES string of the molecule is CCCCCOc1ccc(-c2ccc[nH]2)cc1. The molecule has 0 saturated heterocycles. The van der Waals surface area contributed by atoms with Crippen molar-refractivity contribution in [2.75, 3.05) is 6.61 Å². The van der Waals surface area contributed by atoms with Gasteiger partial charge in [-0.2, -0.15) is 0 Å². The Labute approximate surface area is 103 Å². The molecule has 2 rings (SSSR count). The van der Waals surface area contributed by atoms with Gasteiger partial charge in [-0.15, -0.1) is 0 Å². The van der Waals surface area contributed by atoms with Gasteiger partial charge in [0.2, 0.25) is 0 Å². The Morgan fingerprint density at radius 3 is 2.53 bits per heavy atom. The predicted molar refractivity (Wildman–Crippen MR) is 71.2 cm³/mol. The maximum Gasteiger partial charge on any atom is 0.119 e. The maximum absolute atomic E-state index is 5.67. The lowest BCUT2D eigenvalue weighted by molar-refractivity contribution is 0.306. The topological polar surface area (TPSA) is 25.0 Å². The molecule has 0 radical (unpaired) electrons. The molecular weight excluding hydrogens is 210 g/mol. The molecule has 1 aromatic carbocycles. The molecule has 0 unspecified atom stereocenters. The number of benzene rings is 1. The summed E-state index contributed by atoms with van der Waals surface area (Å²) in [6.45, 7) is 3.01. The molecule has 0 fully saturated rings. The summed E-state index contributed by atoms with van der Waals surface area (Å²) in [4.78, 5) is 3.19. The molecule has 0 spiro atoms. The van der Waals surface area contributed by atoms with Crippen molar-refractivity contribution < 1.29 is 4.74 Å². The lowest BCUT2D eigenvalue weighted by Crippen LogP contribution is -1.96. The van der Waals surface area contributed by atoms with Gasteiger partial charge in [-0.05, 0) is 48.4 Å². The molecule has 1 N–H and O–H groups in total. The van der Waals surface area contributed by atoms with Crippen molar-refractivity contribution in [1.82, 2.24) is 4.98 Å². The number of aromatic amines is 1. The van der Waals surface area contributed by atoms with Crippen LogP contribution in [0, 0.1) is 0 Å². The second-order valence-electron chi connectivity index (χ2n) is 4.16. The first kappa shape index (κ1) is 11.8. The lowest BCUT2D eigenvalue weighted by atomic mass is 10.1. The highest BCUT2D eigenvalue weighted by Gasteiger charge is 1.98. The summed E-state index contributed by atoms with van der Waals surface area (Å²) in [5.74, 6) is 0.955. The Hall–Kier alpha value is -1.70. The second kappa shape index (κ2) is 6.14. The van der Waals surface area contributed by atoms with E-state index < -0.39 is 0 Å². The number of aromatic nitrogens is 1. The Bertz CT molecular complexity index is 417. The minimum Gasteiger partial charge on any atom is -0.494 e. The molecule has 2 heteroatoms. The molecule has 0 amide bonds. The average molecular weight is 229 g/mol. The Kier molecular flexibility index (Phi) is 4.25. The van der Waals surface area contributed by atoms with Gasteiger partial charge in [0.15, 0.2) is 0 Å². The van der Waals surface area contributed by atoms with E-state index in [0.717, 1.165) is 24.5 Å². The molecule has 0 atom stereocenters. The fourth-order valence-corrected chi connectivity index (χ4v) is 1.78. The number of hydrogen-bond donors (Lipinski definition) is 1. The predicted octanol–water partition coefficient (Wildman–Crippen LogP) is 4.25. The van der Waals surface area contributed by atoms with Crippen LogP contribution in [0.2, 0.25) is 0 Å². The number of unbranched alkanes of at least 4 members (excludes halogenated alkanes) is 2. The summed E-state index contributed by atoms with van der Waals surface area (Å²) < 4.78 is 5.67. The van der Waals surface area contributed by atoms with Gasteiger partial charge in [-0.25, -0.2) is 0 Å². The first-order valence-electron chi connectivity index (χ1n) is 6.27. The highest BCUT2D eigenvalue weighted by molar-refractivity contribution is 5.60. The molecule has 2 nitrogen and oxygen atoms in total. The Balaban J connectivity index is 1.90. The standard InChI is InChI=1S/C15H19NO/c1-2-3-4-12-17-14-9-7-13(8-10-14)15-6-5-11-16-15/h5-11,16H,2-4,12H2,1H3. The monoisotopic (exact) mass is 229 g/mol. The quantitative estimate of drug-likeness (QED) is 0.736. The van der Waals surface area contributed by atoms with Gasteiger partial charge in [0.05, 0.1) is 6.61 Å². The van der Waals surface area contributed by atoms with Crippen LogP contribution in [0.1, 0.15) is 26.2 Å². The zero-order chi connectivity index (χ0) is 11.9. The van der Waals surface area contributed by atoms with Gasteiger partial charge in [-0.3, -0.25) is 0 Å². The molecule has 0 aliphatic rings. The fourth-order valence-electron chi connectivity index (χ4n) is 1.78. The Morgan fingerprint density at radius 1 is 1.06 bits per heavy atom. The van der Waals surface area contributed by atoms with E-state index in [-0.39, 0.29) is 0 Å². The molecule has 0 bridgehead atoms. The van der Waals surface area contributed by atoms with Crippen molar-refractivity contribution in [2.24, 2.45) is 0 Å². The van der Waals surface area contributed by atoms with E-state index in [4.69, 9.17) is 4.74 Å². The number of rotatable bonds is 6. The fraction of sp³-hybridized carbons (Fsp3) is 0.333. The molecule has 1 heterocycles. The van der Waals surface area contributed by atoms with Crippen LogP contribution in [0.4, 0.5) is 0 Å². The zero-order valence-electron chi connectivity index (χ0n) is 10.3. The summed E-state index contributed by atoms with van der Waals surface area (Å²) in [5.41, 5.74) is 2.33. The lowest BCUT2D eigenvalue weighted by Gasteiger charge is -2.06. The third-order valence-electron chi connectivity index (χ3n) is 2.78. The van der Waals surface area contributed by atoms with Crippen LogP contribution in [-0.2, 0) is 0 Å². The van der Waals surface area contributed by atoms with Crippen molar-refractivity contribution in [1.29, 1.82) is 0 Å². The molecule has 17 heavy (non-hydrogen) atoms. The summed E-state index contributed by atoms with van der Waals surface area (Å²) in [5, 5.41) is 0. The molecule has 90 valence electrons. The number of ether oxygens (including phenoxy) is 1. The number of hydrogen-bond acceptors (Lipinski definition) is 1. The van der Waals surface area contributed by atoms with Crippen molar-refractivity contribution in [3.63, 3.8) is 0 Å². The van der Waals surface area contributed by atoms with Crippen LogP contribution in [0.15, 0.2) is 42.6 Å². The van der Waals surface area contributed by atoms with Gasteiger partial charge in [-0.1, -0.05) is 19.8 Å². The minimum absolute atomic E-state index is 0.815. The Morgan fingerprint density at radius 2 is 1.88 bits per heavy atom. The molecule has 0 aliphatic carbocycles. The largest absolute Gasteiger partial charge is 0.494 e. The van der Waals surface area contributed by atoms with E-state index in [2.05, 4.69) is 30.1 Å². The third kappa shape index (κ3) is 3.38. The highest BCUT2D eigenvalue weighted by atomic mass is 16.5. The zero-order valence-corrected chi connectivity index (χ0v) is 10.3. The van der Waals surface area contributed by atoms with Crippen LogP contribution in [0.5, 0.6) is 5.75 Å². The van der Waals surface area contributed by atoms with Gasteiger partial charge in [0.25, 0.3) is 0 Å². The van der Waals surface area contributed by atoms with Gasteiger partial charge in [0.1, 0.15) is 5.75 Å². The van der Waals surface area contributed by atoms with Gasteiger partial charge in [0, 0.05) is 11.9 Å². The van der Waals surface area contributed by atoms with E-state index in [1.54, 1.807) is 0 Å². The van der Waals surface area contributed by atoms with Crippen LogP contribution in [0.25, 0.3) is 11.3 Å². The van der Waals surface area contributed by atoms with E-state index in [1.165, 1.54) is 18.4 Å². The van der Waals surface area contributed by atoms with Gasteiger partial charge < -0.3 is 9.72 Å². The molecular formula is C15H19NO. The number of nitrogens with one attached hydrogen (secondary N) is 1.